The lowest BCUT2D eigenvalue weighted by molar-refractivity contribution is 0.358. The first-order valence-corrected chi connectivity index (χ1v) is 6.28. The third kappa shape index (κ3) is 1.76. The molecule has 0 unspecified atom stereocenters. The van der Waals surface area contributed by atoms with Crippen molar-refractivity contribution in [2.24, 2.45) is 0 Å². The Morgan fingerprint density at radius 1 is 1.11 bits per heavy atom. The molecule has 2 aromatic rings. The molecule has 0 bridgehead atoms. The van der Waals surface area contributed by atoms with Crippen LogP contribution in [0.25, 0.3) is 11.1 Å². The van der Waals surface area contributed by atoms with Crippen molar-refractivity contribution in [3.05, 3.63) is 35.4 Å². The van der Waals surface area contributed by atoms with Crippen LogP contribution in [0, 0.1) is 6.92 Å². The predicted molar refractivity (Wildman–Crippen MR) is 79.1 cm³/mol. The van der Waals surface area contributed by atoms with E-state index in [4.69, 9.17) is 21.9 Å². The number of hydrogen-bond donors (Lipinski definition) is 3. The van der Waals surface area contributed by atoms with Gasteiger partial charge in [-0.3, -0.25) is 0 Å². The Labute approximate surface area is 112 Å². The van der Waals surface area contributed by atoms with Gasteiger partial charge >= 0.3 is 0 Å². The molecule has 3 rings (SSSR count). The van der Waals surface area contributed by atoms with Crippen LogP contribution in [0.15, 0.2) is 24.3 Å². The molecule has 4 nitrogen and oxygen atoms in total. The van der Waals surface area contributed by atoms with E-state index in [1.54, 1.807) is 0 Å². The molecular weight excluding hydrogens is 238 g/mol. The van der Waals surface area contributed by atoms with Crippen molar-refractivity contribution in [3.8, 4) is 16.9 Å². The molecule has 19 heavy (non-hydrogen) atoms. The molecule has 98 valence electrons. The van der Waals surface area contributed by atoms with Gasteiger partial charge in [-0.15, -0.1) is 0 Å². The number of benzene rings is 2. The summed E-state index contributed by atoms with van der Waals surface area (Å²) in [6, 6.07) is 7.62. The molecule has 0 radical (unpaired) electrons. The van der Waals surface area contributed by atoms with E-state index in [9.17, 15) is 0 Å². The number of ether oxygens (including phenoxy) is 1. The standard InChI is InChI=1S/C15H17N3O/c1-8-2-3-12(17)13(14(8)18)11-7-10(16)6-9-4-5-19-15(9)11/h2-3,6-7H,4-5,16-18H2,1H3. The Morgan fingerprint density at radius 3 is 2.68 bits per heavy atom. The highest BCUT2D eigenvalue weighted by Crippen LogP contribution is 2.44. The first-order chi connectivity index (χ1) is 9.08. The molecule has 1 heterocycles. The smallest absolute Gasteiger partial charge is 0.130 e. The first-order valence-electron chi connectivity index (χ1n) is 6.28. The second-order valence-electron chi connectivity index (χ2n) is 4.92. The van der Waals surface area contributed by atoms with Crippen LogP contribution >= 0.6 is 0 Å². The van der Waals surface area contributed by atoms with Crippen LogP contribution in [0.1, 0.15) is 11.1 Å². The van der Waals surface area contributed by atoms with Gasteiger partial charge in [-0.2, -0.15) is 0 Å². The number of fused-ring (bicyclic) bond motifs is 1. The monoisotopic (exact) mass is 255 g/mol. The average molecular weight is 255 g/mol. The Hall–Kier alpha value is -2.36. The Morgan fingerprint density at radius 2 is 1.89 bits per heavy atom. The van der Waals surface area contributed by atoms with Gasteiger partial charge in [0.1, 0.15) is 5.75 Å². The topological polar surface area (TPSA) is 87.3 Å². The van der Waals surface area contributed by atoms with E-state index in [-0.39, 0.29) is 0 Å². The third-order valence-corrected chi connectivity index (χ3v) is 3.57. The van der Waals surface area contributed by atoms with Gasteiger partial charge in [-0.1, -0.05) is 6.07 Å². The van der Waals surface area contributed by atoms with E-state index in [1.807, 2.05) is 31.2 Å². The van der Waals surface area contributed by atoms with Crippen LogP contribution in [0.4, 0.5) is 17.1 Å². The molecular formula is C15H17N3O. The van der Waals surface area contributed by atoms with Crippen molar-refractivity contribution in [2.45, 2.75) is 13.3 Å². The quantitative estimate of drug-likeness (QED) is 0.682. The molecule has 0 saturated heterocycles. The van der Waals surface area contributed by atoms with E-state index >= 15 is 0 Å². The minimum atomic E-state index is 0.645. The highest BCUT2D eigenvalue weighted by molar-refractivity contribution is 5.92. The van der Waals surface area contributed by atoms with E-state index in [1.165, 1.54) is 0 Å². The molecule has 0 saturated carbocycles. The van der Waals surface area contributed by atoms with Crippen LogP contribution in [0.3, 0.4) is 0 Å². The molecule has 0 amide bonds. The van der Waals surface area contributed by atoms with Crippen molar-refractivity contribution in [3.63, 3.8) is 0 Å². The summed E-state index contributed by atoms with van der Waals surface area (Å²) in [5.74, 6) is 0.859. The molecule has 1 aliphatic rings. The highest BCUT2D eigenvalue weighted by Gasteiger charge is 2.21. The van der Waals surface area contributed by atoms with Crippen LogP contribution < -0.4 is 21.9 Å². The minimum Gasteiger partial charge on any atom is -0.492 e. The van der Waals surface area contributed by atoms with Crippen molar-refractivity contribution in [1.29, 1.82) is 0 Å². The Balaban J connectivity index is 2.32. The zero-order valence-electron chi connectivity index (χ0n) is 10.9. The Kier molecular flexibility index (Phi) is 2.52. The fourth-order valence-electron chi connectivity index (χ4n) is 2.56. The second-order valence-corrected chi connectivity index (χ2v) is 4.92. The summed E-state index contributed by atoms with van der Waals surface area (Å²) in [6.45, 7) is 2.64. The SMILES string of the molecule is Cc1ccc(N)c(-c2cc(N)cc3c2OCC3)c1N. The lowest BCUT2D eigenvalue weighted by atomic mass is 9.95. The normalized spacial score (nSPS) is 13.1. The summed E-state index contributed by atoms with van der Waals surface area (Å²) in [5.41, 5.74) is 24.1. The fraction of sp³-hybridized carbons (Fsp3) is 0.200. The van der Waals surface area contributed by atoms with E-state index < -0.39 is 0 Å². The second kappa shape index (κ2) is 4.09. The zero-order chi connectivity index (χ0) is 13.6. The van der Waals surface area contributed by atoms with Crippen molar-refractivity contribution in [1.82, 2.24) is 0 Å². The maximum Gasteiger partial charge on any atom is 0.130 e. The van der Waals surface area contributed by atoms with Crippen LogP contribution in [0.2, 0.25) is 0 Å². The van der Waals surface area contributed by atoms with Gasteiger partial charge in [0.15, 0.2) is 0 Å². The molecule has 0 fully saturated rings. The molecule has 0 aromatic heterocycles. The minimum absolute atomic E-state index is 0.645. The molecule has 4 heteroatoms. The summed E-state index contributed by atoms with van der Waals surface area (Å²) >= 11 is 0. The summed E-state index contributed by atoms with van der Waals surface area (Å²) in [7, 11) is 0. The van der Waals surface area contributed by atoms with Gasteiger partial charge in [0.2, 0.25) is 0 Å². The van der Waals surface area contributed by atoms with Gasteiger partial charge in [0, 0.05) is 40.2 Å². The van der Waals surface area contributed by atoms with Crippen molar-refractivity contribution < 1.29 is 4.74 Å². The molecule has 0 spiro atoms. The summed E-state index contributed by atoms with van der Waals surface area (Å²) in [6.07, 6.45) is 0.874. The van der Waals surface area contributed by atoms with Gasteiger partial charge < -0.3 is 21.9 Å². The fourth-order valence-corrected chi connectivity index (χ4v) is 2.56. The number of rotatable bonds is 1. The number of hydrogen-bond acceptors (Lipinski definition) is 4. The average Bonchev–Trinajstić information content (AvgIpc) is 2.82. The van der Waals surface area contributed by atoms with Crippen LogP contribution in [0.5, 0.6) is 5.75 Å². The molecule has 2 aromatic carbocycles. The predicted octanol–water partition coefficient (Wildman–Crippen LogP) is 2.34. The molecule has 1 aliphatic heterocycles. The number of aryl methyl sites for hydroxylation is 1. The lowest BCUT2D eigenvalue weighted by Crippen LogP contribution is -2.01. The van der Waals surface area contributed by atoms with E-state index in [0.29, 0.717) is 23.7 Å². The number of nitrogens with two attached hydrogens (primary N) is 3. The molecule has 0 aliphatic carbocycles. The summed E-state index contributed by atoms with van der Waals surface area (Å²) < 4.78 is 5.72. The number of nitrogen functional groups attached to an aromatic ring is 3. The van der Waals surface area contributed by atoms with Crippen molar-refractivity contribution >= 4 is 17.1 Å². The number of anilines is 3. The third-order valence-electron chi connectivity index (χ3n) is 3.57. The van der Waals surface area contributed by atoms with Gasteiger partial charge in [-0.05, 0) is 30.7 Å². The maximum atomic E-state index is 6.18. The molecule has 6 N–H and O–H groups in total. The Bertz CT molecular complexity index is 665. The zero-order valence-corrected chi connectivity index (χ0v) is 10.9. The largest absolute Gasteiger partial charge is 0.492 e. The van der Waals surface area contributed by atoms with Gasteiger partial charge in [0.25, 0.3) is 0 Å². The maximum absolute atomic E-state index is 6.18. The molecule has 0 atom stereocenters. The van der Waals surface area contributed by atoms with Crippen molar-refractivity contribution in [2.75, 3.05) is 23.8 Å². The first kappa shape index (κ1) is 11.7. The summed E-state index contributed by atoms with van der Waals surface area (Å²) in [4.78, 5) is 0. The van der Waals surface area contributed by atoms with Gasteiger partial charge in [0.05, 0.1) is 6.61 Å². The van der Waals surface area contributed by atoms with Gasteiger partial charge in [-0.25, -0.2) is 0 Å². The highest BCUT2D eigenvalue weighted by atomic mass is 16.5. The van der Waals surface area contributed by atoms with E-state index in [0.717, 1.165) is 34.4 Å². The van der Waals surface area contributed by atoms with Crippen LogP contribution in [-0.2, 0) is 6.42 Å². The van der Waals surface area contributed by atoms with Crippen LogP contribution in [-0.4, -0.2) is 6.61 Å². The van der Waals surface area contributed by atoms with E-state index in [2.05, 4.69) is 0 Å². The summed E-state index contributed by atoms with van der Waals surface area (Å²) in [5, 5.41) is 0. The lowest BCUT2D eigenvalue weighted by Gasteiger charge is -2.15.